The Labute approximate surface area is 397 Å². The van der Waals surface area contributed by atoms with E-state index >= 15 is 0 Å². The van der Waals surface area contributed by atoms with E-state index < -0.39 is 16.6 Å². The third kappa shape index (κ3) is 20.0. The summed E-state index contributed by atoms with van der Waals surface area (Å²) in [5.74, 6) is 1.52. The van der Waals surface area contributed by atoms with E-state index in [0.29, 0.717) is 33.2 Å². The van der Waals surface area contributed by atoms with Crippen LogP contribution in [0.4, 0.5) is 0 Å². The second kappa shape index (κ2) is 32.5. The number of amides is 1. The average Bonchev–Trinajstić information content (AvgIpc) is 3.25. The zero-order valence-electron chi connectivity index (χ0n) is 43.5. The number of carbonyl (C=O) groups excluding carboxylic acids is 1. The van der Waals surface area contributed by atoms with Gasteiger partial charge >= 0.3 is 0 Å². The fraction of sp³-hybridized carbons (Fsp3) is 0.764. The van der Waals surface area contributed by atoms with Crippen molar-refractivity contribution in [2.75, 3.05) is 33.0 Å². The van der Waals surface area contributed by atoms with Gasteiger partial charge < -0.3 is 29.4 Å². The number of ether oxygens (including phenoxy) is 2. The SMILES string of the molecule is CC(C)[Si](OCCCCCCCCCCCOc1ccc(C(NC(=O)CN)c2ccc(OCCCCCCCCCCCO[Si](C(C)C)(C(C)C)C(C)C)cc2)cc1)(C(C)C)C(C)C. The molecule has 2 aromatic rings. The highest BCUT2D eigenvalue weighted by atomic mass is 28.4. The van der Waals surface area contributed by atoms with Gasteiger partial charge in [-0.2, -0.15) is 0 Å². The molecule has 2 aromatic carbocycles. The van der Waals surface area contributed by atoms with E-state index in [2.05, 4.69) is 88.4 Å². The van der Waals surface area contributed by atoms with E-state index in [1.807, 2.05) is 48.5 Å². The van der Waals surface area contributed by atoms with Gasteiger partial charge in [-0.25, -0.2) is 0 Å². The predicted octanol–water partition coefficient (Wildman–Crippen LogP) is 16.0. The van der Waals surface area contributed by atoms with Crippen LogP contribution in [0, 0.1) is 0 Å². The van der Waals surface area contributed by atoms with Crippen LogP contribution in [0.5, 0.6) is 11.5 Å². The quantitative estimate of drug-likeness (QED) is 0.0515. The number of unbranched alkanes of at least 4 members (excludes halogenated alkanes) is 16. The van der Waals surface area contributed by atoms with Gasteiger partial charge in [0.1, 0.15) is 11.5 Å². The lowest BCUT2D eigenvalue weighted by atomic mass is 9.98. The van der Waals surface area contributed by atoms with Crippen molar-refractivity contribution in [2.24, 2.45) is 5.73 Å². The first-order valence-electron chi connectivity index (χ1n) is 26.4. The number of benzene rings is 2. The smallest absolute Gasteiger partial charge is 0.234 e. The number of nitrogens with two attached hydrogens (primary N) is 1. The molecule has 0 unspecified atom stereocenters. The summed E-state index contributed by atoms with van der Waals surface area (Å²) < 4.78 is 25.7. The number of nitrogens with one attached hydrogen (secondary N) is 1. The Morgan fingerprint density at radius 3 is 0.922 bits per heavy atom. The molecule has 0 aromatic heterocycles. The summed E-state index contributed by atoms with van der Waals surface area (Å²) in [4.78, 5) is 12.5. The Hall–Kier alpha value is -2.18. The molecule has 2 rings (SSSR count). The lowest BCUT2D eigenvalue weighted by Gasteiger charge is -2.42. The van der Waals surface area contributed by atoms with E-state index in [1.54, 1.807) is 0 Å². The molecule has 0 heterocycles. The van der Waals surface area contributed by atoms with E-state index in [4.69, 9.17) is 24.1 Å². The lowest BCUT2D eigenvalue weighted by molar-refractivity contribution is -0.120. The van der Waals surface area contributed by atoms with Gasteiger partial charge in [-0.05, 0) is 94.3 Å². The third-order valence-corrected chi connectivity index (χ3v) is 26.4. The van der Waals surface area contributed by atoms with Crippen molar-refractivity contribution in [1.29, 1.82) is 0 Å². The fourth-order valence-corrected chi connectivity index (χ4v) is 21.8. The molecule has 0 radical (unpaired) electrons. The van der Waals surface area contributed by atoms with Gasteiger partial charge in [0.15, 0.2) is 16.6 Å². The molecule has 3 N–H and O–H groups in total. The second-order valence-corrected chi connectivity index (χ2v) is 31.7. The summed E-state index contributed by atoms with van der Waals surface area (Å²) >= 11 is 0. The summed E-state index contributed by atoms with van der Waals surface area (Å²) in [6.45, 7) is 31.7. The molecule has 64 heavy (non-hydrogen) atoms. The van der Waals surface area contributed by atoms with Gasteiger partial charge in [0.05, 0.1) is 25.8 Å². The molecule has 0 aliphatic rings. The van der Waals surface area contributed by atoms with E-state index in [-0.39, 0.29) is 18.5 Å². The molecule has 0 bridgehead atoms. The van der Waals surface area contributed by atoms with E-state index in [0.717, 1.165) is 61.9 Å². The monoisotopic (exact) mass is 925 g/mol. The molecule has 0 spiro atoms. The van der Waals surface area contributed by atoms with Crippen LogP contribution in [0.15, 0.2) is 48.5 Å². The minimum Gasteiger partial charge on any atom is -0.494 e. The highest BCUT2D eigenvalue weighted by Crippen LogP contribution is 2.43. The van der Waals surface area contributed by atoms with Gasteiger partial charge in [0, 0.05) is 13.2 Å². The summed E-state index contributed by atoms with van der Waals surface area (Å²) in [7, 11) is -3.45. The Balaban J connectivity index is 1.61. The molecular formula is C55H100N2O5Si2. The predicted molar refractivity (Wildman–Crippen MR) is 280 cm³/mol. The first-order valence-corrected chi connectivity index (χ1v) is 30.6. The van der Waals surface area contributed by atoms with Crippen LogP contribution in [-0.2, 0) is 13.6 Å². The number of carbonyl (C=O) groups is 1. The standard InChI is InChI=1S/C55H100N2O5Si2/c1-44(2)63(45(3)4,46(5)6)61-41-29-25-21-17-13-15-19-23-27-39-59-52-35-31-50(32-36-52)55(57-54(58)43-56)51-33-37-53(38-34-51)60-40-28-24-20-16-14-18-22-26-30-42-62-64(47(7)8,48(9)10)49(11)12/h31-38,44-49,55H,13-30,39-43,56H2,1-12H3,(H,57,58). The Morgan fingerprint density at radius 1 is 0.422 bits per heavy atom. The van der Waals surface area contributed by atoms with Crippen LogP contribution >= 0.6 is 0 Å². The Morgan fingerprint density at radius 2 is 0.672 bits per heavy atom. The molecule has 7 nitrogen and oxygen atoms in total. The minimum absolute atomic E-state index is 0.0570. The minimum atomic E-state index is -1.72. The summed E-state index contributed by atoms with van der Waals surface area (Å²) in [6.07, 6.45) is 22.5. The van der Waals surface area contributed by atoms with Crippen molar-refractivity contribution in [3.8, 4) is 11.5 Å². The zero-order chi connectivity index (χ0) is 47.4. The fourth-order valence-electron chi connectivity index (χ4n) is 10.9. The third-order valence-electron chi connectivity index (χ3n) is 14.2. The molecule has 0 saturated carbocycles. The van der Waals surface area contributed by atoms with Crippen molar-refractivity contribution in [3.05, 3.63) is 59.7 Å². The molecule has 9 heteroatoms. The van der Waals surface area contributed by atoms with Gasteiger partial charge in [0.2, 0.25) is 5.91 Å². The van der Waals surface area contributed by atoms with Crippen LogP contribution in [0.3, 0.4) is 0 Å². The number of hydrogen-bond acceptors (Lipinski definition) is 6. The van der Waals surface area contributed by atoms with Crippen molar-refractivity contribution in [1.82, 2.24) is 5.32 Å². The average molecular weight is 926 g/mol. The second-order valence-electron chi connectivity index (χ2n) is 20.7. The Kier molecular flexibility index (Phi) is 29.4. The molecule has 0 aliphatic carbocycles. The van der Waals surface area contributed by atoms with Gasteiger partial charge in [-0.15, -0.1) is 0 Å². The largest absolute Gasteiger partial charge is 0.494 e. The summed E-state index contributed by atoms with van der Waals surface area (Å²) in [5, 5.41) is 3.10. The first-order chi connectivity index (χ1) is 30.6. The number of hydrogen-bond donors (Lipinski definition) is 2. The number of rotatable bonds is 38. The van der Waals surface area contributed by atoms with Gasteiger partial charge in [0.25, 0.3) is 0 Å². The van der Waals surface area contributed by atoms with Crippen molar-refractivity contribution >= 4 is 22.5 Å². The molecular weight excluding hydrogens is 825 g/mol. The maximum absolute atomic E-state index is 12.5. The van der Waals surface area contributed by atoms with Crippen LogP contribution in [0.1, 0.15) is 216 Å². The van der Waals surface area contributed by atoms with Crippen LogP contribution in [0.2, 0.25) is 33.2 Å². The highest BCUT2D eigenvalue weighted by molar-refractivity contribution is 6.78. The van der Waals surface area contributed by atoms with Crippen LogP contribution in [-0.4, -0.2) is 55.5 Å². The lowest BCUT2D eigenvalue weighted by Crippen LogP contribution is -2.47. The van der Waals surface area contributed by atoms with Crippen molar-refractivity contribution < 1.29 is 23.1 Å². The molecule has 368 valence electrons. The van der Waals surface area contributed by atoms with E-state index in [1.165, 1.54) is 103 Å². The normalized spacial score (nSPS) is 12.6. The molecule has 0 atom stereocenters. The maximum atomic E-state index is 12.5. The molecule has 1 amide bonds. The van der Waals surface area contributed by atoms with Crippen molar-refractivity contribution in [3.63, 3.8) is 0 Å². The zero-order valence-corrected chi connectivity index (χ0v) is 45.5. The Bertz CT molecular complexity index is 1320. The van der Waals surface area contributed by atoms with Crippen LogP contribution < -0.4 is 20.5 Å². The van der Waals surface area contributed by atoms with Gasteiger partial charge in [-0.1, -0.05) is 197 Å². The summed E-state index contributed by atoms with van der Waals surface area (Å²) in [5.41, 5.74) is 11.7. The topological polar surface area (TPSA) is 92.0 Å². The first kappa shape index (κ1) is 58.0. The summed E-state index contributed by atoms with van der Waals surface area (Å²) in [6, 6.07) is 15.9. The molecule has 0 fully saturated rings. The highest BCUT2D eigenvalue weighted by Gasteiger charge is 2.45. The molecule has 0 aliphatic heterocycles. The maximum Gasteiger partial charge on any atom is 0.234 e. The van der Waals surface area contributed by atoms with Crippen molar-refractivity contribution in [2.45, 2.75) is 238 Å². The van der Waals surface area contributed by atoms with Gasteiger partial charge in [-0.3, -0.25) is 4.79 Å². The van der Waals surface area contributed by atoms with E-state index in [9.17, 15) is 4.79 Å². The van der Waals surface area contributed by atoms with Crippen LogP contribution in [0.25, 0.3) is 0 Å². The molecule has 0 saturated heterocycles.